The fraction of sp³-hybridized carbons (Fsp3) is 0.121. The number of rotatable bonds is 9. The van der Waals surface area contributed by atoms with Gasteiger partial charge in [-0.05, 0) is 72.7 Å². The predicted molar refractivity (Wildman–Crippen MR) is 155 cm³/mol. The molecule has 0 atom stereocenters. The zero-order valence-electron chi connectivity index (χ0n) is 22.9. The van der Waals surface area contributed by atoms with E-state index in [1.165, 1.54) is 25.3 Å². The highest BCUT2D eigenvalue weighted by Crippen LogP contribution is 2.30. The number of carbonyl (C=O) groups excluding carboxylic acids is 3. The third-order valence-electron chi connectivity index (χ3n) is 6.55. The van der Waals surface area contributed by atoms with Crippen LogP contribution in [0.25, 0.3) is 6.08 Å². The number of halogens is 1. The summed E-state index contributed by atoms with van der Waals surface area (Å²) in [6, 6.07) is 24.3. The molecule has 42 heavy (non-hydrogen) atoms. The lowest BCUT2D eigenvalue weighted by atomic mass is 10.1. The van der Waals surface area contributed by atoms with Gasteiger partial charge in [0.1, 0.15) is 41.9 Å². The molecule has 212 valence electrons. The number of carbonyl (C=O) groups is 3. The molecule has 8 nitrogen and oxygen atoms in total. The van der Waals surface area contributed by atoms with Gasteiger partial charge in [-0.2, -0.15) is 0 Å². The molecule has 0 aliphatic carbocycles. The van der Waals surface area contributed by atoms with Gasteiger partial charge in [0.15, 0.2) is 0 Å². The smallest absolute Gasteiger partial charge is 0.335 e. The molecule has 0 saturated carbocycles. The number of benzene rings is 4. The lowest BCUT2D eigenvalue weighted by Crippen LogP contribution is -2.54. The minimum absolute atomic E-state index is 0.104. The van der Waals surface area contributed by atoms with Gasteiger partial charge >= 0.3 is 6.03 Å². The van der Waals surface area contributed by atoms with E-state index in [0.717, 1.165) is 16.0 Å². The molecule has 4 aromatic carbocycles. The second kappa shape index (κ2) is 12.4. The van der Waals surface area contributed by atoms with Gasteiger partial charge in [0, 0.05) is 11.6 Å². The number of nitrogens with one attached hydrogen (secondary N) is 1. The third kappa shape index (κ3) is 6.47. The SMILES string of the molecule is COc1ccc(/C=C2\C(=O)NC(=O)N(c3ccc(OCc4ccc(C)cc4)cc3)C2=O)c(OCc2ccc(F)cc2)c1. The molecule has 0 spiro atoms. The van der Waals surface area contributed by atoms with Gasteiger partial charge in [0.25, 0.3) is 11.8 Å². The van der Waals surface area contributed by atoms with Crippen molar-refractivity contribution in [3.05, 3.63) is 125 Å². The molecule has 0 unspecified atom stereocenters. The van der Waals surface area contributed by atoms with Crippen LogP contribution in [0.3, 0.4) is 0 Å². The second-order valence-electron chi connectivity index (χ2n) is 9.54. The van der Waals surface area contributed by atoms with Crippen molar-refractivity contribution in [2.24, 2.45) is 0 Å². The van der Waals surface area contributed by atoms with E-state index in [2.05, 4.69) is 5.32 Å². The molecule has 4 amide bonds. The van der Waals surface area contributed by atoms with Crippen LogP contribution in [-0.4, -0.2) is 25.0 Å². The molecular weight excluding hydrogens is 539 g/mol. The molecule has 9 heteroatoms. The van der Waals surface area contributed by atoms with E-state index >= 15 is 0 Å². The quantitative estimate of drug-likeness (QED) is 0.198. The maximum absolute atomic E-state index is 13.5. The number of amides is 4. The van der Waals surface area contributed by atoms with E-state index < -0.39 is 17.8 Å². The highest BCUT2D eigenvalue weighted by Gasteiger charge is 2.37. The summed E-state index contributed by atoms with van der Waals surface area (Å²) in [6.45, 7) is 2.47. The number of barbiturate groups is 1. The van der Waals surface area contributed by atoms with Gasteiger partial charge in [-0.25, -0.2) is 14.1 Å². The van der Waals surface area contributed by atoms with Crippen LogP contribution in [0.1, 0.15) is 22.3 Å². The van der Waals surface area contributed by atoms with Gasteiger partial charge < -0.3 is 14.2 Å². The maximum atomic E-state index is 13.5. The fourth-order valence-electron chi connectivity index (χ4n) is 4.22. The van der Waals surface area contributed by atoms with Crippen LogP contribution in [0.5, 0.6) is 17.2 Å². The standard InChI is InChI=1S/C33H27FN2O6/c1-21-3-5-22(6-4-21)19-41-27-15-12-26(13-16-27)36-32(38)29(31(37)35-33(36)39)17-24-9-14-28(40-2)18-30(24)42-20-23-7-10-25(34)11-8-23/h3-18H,19-20H2,1-2H3,(H,35,37,39)/b29-17+. The van der Waals surface area contributed by atoms with Crippen LogP contribution in [-0.2, 0) is 22.8 Å². The van der Waals surface area contributed by atoms with E-state index in [4.69, 9.17) is 14.2 Å². The number of anilines is 1. The fourth-order valence-corrected chi connectivity index (χ4v) is 4.22. The summed E-state index contributed by atoms with van der Waals surface area (Å²) >= 11 is 0. The first-order valence-electron chi connectivity index (χ1n) is 13.1. The Morgan fingerprint density at radius 3 is 2.07 bits per heavy atom. The molecule has 1 saturated heterocycles. The minimum atomic E-state index is -0.863. The first-order valence-corrected chi connectivity index (χ1v) is 13.1. The number of ether oxygens (including phenoxy) is 3. The second-order valence-corrected chi connectivity index (χ2v) is 9.54. The normalized spacial score (nSPS) is 14.1. The van der Waals surface area contributed by atoms with Gasteiger partial charge in [-0.1, -0.05) is 42.0 Å². The molecule has 0 aromatic heterocycles. The number of hydrogen-bond acceptors (Lipinski definition) is 6. The molecular formula is C33H27FN2O6. The topological polar surface area (TPSA) is 94.2 Å². The molecule has 1 N–H and O–H groups in total. The van der Waals surface area contributed by atoms with Crippen LogP contribution in [0.15, 0.2) is 96.6 Å². The predicted octanol–water partition coefficient (Wildman–Crippen LogP) is 5.97. The zero-order valence-corrected chi connectivity index (χ0v) is 22.9. The Balaban J connectivity index is 1.36. The van der Waals surface area contributed by atoms with Crippen molar-refractivity contribution in [1.82, 2.24) is 5.32 Å². The highest BCUT2D eigenvalue weighted by molar-refractivity contribution is 6.39. The largest absolute Gasteiger partial charge is 0.497 e. The maximum Gasteiger partial charge on any atom is 0.335 e. The highest BCUT2D eigenvalue weighted by atomic mass is 19.1. The molecule has 0 bridgehead atoms. The van der Waals surface area contributed by atoms with Gasteiger partial charge in [-0.3, -0.25) is 14.9 Å². The van der Waals surface area contributed by atoms with Crippen molar-refractivity contribution in [2.45, 2.75) is 20.1 Å². The average molecular weight is 567 g/mol. The van der Waals surface area contributed by atoms with Gasteiger partial charge in [0.2, 0.25) is 0 Å². The lowest BCUT2D eigenvalue weighted by Gasteiger charge is -2.26. The van der Waals surface area contributed by atoms with Crippen LogP contribution in [0, 0.1) is 12.7 Å². The van der Waals surface area contributed by atoms with E-state index in [-0.39, 0.29) is 23.7 Å². The number of aryl methyl sites for hydroxylation is 1. The molecule has 1 heterocycles. The molecule has 1 aliphatic rings. The Bertz CT molecular complexity index is 1650. The summed E-state index contributed by atoms with van der Waals surface area (Å²) in [5.74, 6) is -0.623. The van der Waals surface area contributed by atoms with Crippen molar-refractivity contribution >= 4 is 29.6 Å². The molecule has 4 aromatic rings. The summed E-state index contributed by atoms with van der Waals surface area (Å²) in [7, 11) is 1.50. The lowest BCUT2D eigenvalue weighted by molar-refractivity contribution is -0.122. The van der Waals surface area contributed by atoms with Gasteiger partial charge in [0.05, 0.1) is 12.8 Å². The van der Waals surface area contributed by atoms with E-state index in [1.54, 1.807) is 54.6 Å². The van der Waals surface area contributed by atoms with E-state index in [1.807, 2.05) is 31.2 Å². The number of imide groups is 2. The van der Waals surface area contributed by atoms with E-state index in [0.29, 0.717) is 35.0 Å². The Labute approximate surface area is 241 Å². The zero-order chi connectivity index (χ0) is 29.6. The number of methoxy groups -OCH3 is 1. The van der Waals surface area contributed by atoms with Crippen LogP contribution in [0.2, 0.25) is 0 Å². The van der Waals surface area contributed by atoms with Crippen molar-refractivity contribution < 1.29 is 33.0 Å². The molecule has 1 aliphatic heterocycles. The molecule has 0 radical (unpaired) electrons. The summed E-state index contributed by atoms with van der Waals surface area (Å²) in [6.07, 6.45) is 1.36. The Morgan fingerprint density at radius 1 is 0.786 bits per heavy atom. The summed E-state index contributed by atoms with van der Waals surface area (Å²) in [5.41, 5.74) is 3.29. The third-order valence-corrected chi connectivity index (χ3v) is 6.55. The van der Waals surface area contributed by atoms with Crippen LogP contribution in [0.4, 0.5) is 14.9 Å². The van der Waals surface area contributed by atoms with Crippen molar-refractivity contribution in [2.75, 3.05) is 12.0 Å². The van der Waals surface area contributed by atoms with Crippen molar-refractivity contribution in [3.63, 3.8) is 0 Å². The van der Waals surface area contributed by atoms with Crippen molar-refractivity contribution in [3.8, 4) is 17.2 Å². The van der Waals surface area contributed by atoms with E-state index in [9.17, 15) is 18.8 Å². The number of nitrogens with zero attached hydrogens (tertiary/aromatic N) is 1. The summed E-state index contributed by atoms with van der Waals surface area (Å²) < 4.78 is 30.4. The Hall–Kier alpha value is -5.44. The Morgan fingerprint density at radius 2 is 1.40 bits per heavy atom. The monoisotopic (exact) mass is 566 g/mol. The summed E-state index contributed by atoms with van der Waals surface area (Å²) in [4.78, 5) is 39.8. The number of hydrogen-bond donors (Lipinski definition) is 1. The summed E-state index contributed by atoms with van der Waals surface area (Å²) in [5, 5.41) is 2.23. The average Bonchev–Trinajstić information content (AvgIpc) is 2.99. The van der Waals surface area contributed by atoms with Crippen molar-refractivity contribution in [1.29, 1.82) is 0 Å². The Kier molecular flexibility index (Phi) is 8.29. The minimum Gasteiger partial charge on any atom is -0.497 e. The first kappa shape index (κ1) is 28.1. The molecule has 5 rings (SSSR count). The first-order chi connectivity index (χ1) is 20.3. The van der Waals surface area contributed by atoms with Gasteiger partial charge in [-0.15, -0.1) is 0 Å². The van der Waals surface area contributed by atoms with Crippen LogP contribution < -0.4 is 24.4 Å². The molecule has 1 fully saturated rings. The number of urea groups is 1. The van der Waals surface area contributed by atoms with Crippen LogP contribution >= 0.6 is 0 Å².